The highest BCUT2D eigenvalue weighted by atomic mass is 16.6. The van der Waals surface area contributed by atoms with E-state index in [0.717, 1.165) is 11.1 Å². The number of rotatable bonds is 7. The Morgan fingerprint density at radius 2 is 1.63 bits per heavy atom. The number of allylic oxidation sites excluding steroid dienone is 1. The van der Waals surface area contributed by atoms with Gasteiger partial charge < -0.3 is 19.7 Å². The van der Waals surface area contributed by atoms with Crippen molar-refractivity contribution in [3.8, 4) is 11.5 Å². The van der Waals surface area contributed by atoms with Crippen LogP contribution in [-0.4, -0.2) is 48.7 Å². The van der Waals surface area contributed by atoms with Gasteiger partial charge in [-0.1, -0.05) is 42.5 Å². The molecule has 3 heterocycles. The Morgan fingerprint density at radius 1 is 0.913 bits per heavy atom. The van der Waals surface area contributed by atoms with Gasteiger partial charge in [-0.05, 0) is 60.5 Å². The van der Waals surface area contributed by atoms with Crippen molar-refractivity contribution >= 4 is 40.1 Å². The SMILES string of the molecule is COc1ccc(OC)c(C(=O)[C@@H]2[C@H](C(=O)c3ccc([N+](=O)[O-])cc3)N3c4ccccc4C(C)=C[C@H]3[C@]23C(=O)Nc2ccccc23)c1. The Bertz CT molecular complexity index is 1990. The van der Waals surface area contributed by atoms with E-state index >= 15 is 4.79 Å². The number of nitro benzene ring substituents is 1. The summed E-state index contributed by atoms with van der Waals surface area (Å²) in [7, 11) is 2.94. The summed E-state index contributed by atoms with van der Waals surface area (Å²) in [5.41, 5.74) is 2.30. The molecule has 4 aromatic carbocycles. The summed E-state index contributed by atoms with van der Waals surface area (Å²) in [6.07, 6.45) is 1.97. The highest BCUT2D eigenvalue weighted by Crippen LogP contribution is 2.59. The number of nitrogens with zero attached hydrogens (tertiary/aromatic N) is 2. The zero-order chi connectivity index (χ0) is 32.3. The largest absolute Gasteiger partial charge is 0.497 e. The molecule has 1 amide bonds. The van der Waals surface area contributed by atoms with Gasteiger partial charge in [-0.3, -0.25) is 24.5 Å². The molecule has 0 unspecified atom stereocenters. The fourth-order valence-electron chi connectivity index (χ4n) is 7.48. The number of nitro groups is 1. The predicted molar refractivity (Wildman–Crippen MR) is 172 cm³/mol. The molecule has 3 aliphatic heterocycles. The van der Waals surface area contributed by atoms with Gasteiger partial charge in [-0.25, -0.2) is 0 Å². The first-order valence-electron chi connectivity index (χ1n) is 14.7. The molecule has 1 spiro atoms. The van der Waals surface area contributed by atoms with E-state index in [1.54, 1.807) is 24.3 Å². The van der Waals surface area contributed by atoms with E-state index in [1.165, 1.54) is 38.5 Å². The van der Waals surface area contributed by atoms with Crippen molar-refractivity contribution < 1.29 is 28.8 Å². The number of carbonyl (C=O) groups excluding carboxylic acids is 3. The van der Waals surface area contributed by atoms with Crippen LogP contribution in [0.3, 0.4) is 0 Å². The maximum absolute atomic E-state index is 15.2. The number of carbonyl (C=O) groups is 3. The van der Waals surface area contributed by atoms with Gasteiger partial charge in [0, 0.05) is 34.6 Å². The number of fused-ring (bicyclic) bond motifs is 6. The van der Waals surface area contributed by atoms with Gasteiger partial charge in [0.05, 0.1) is 36.7 Å². The molecule has 0 aliphatic carbocycles. The van der Waals surface area contributed by atoms with Crippen LogP contribution < -0.4 is 19.7 Å². The van der Waals surface area contributed by atoms with Crippen LogP contribution in [0.2, 0.25) is 0 Å². The first-order valence-corrected chi connectivity index (χ1v) is 14.7. The molecular formula is C36H29N3O7. The molecule has 3 aliphatic rings. The van der Waals surface area contributed by atoms with Crippen molar-refractivity contribution in [1.29, 1.82) is 0 Å². The Labute approximate surface area is 264 Å². The number of ether oxygens (including phenoxy) is 2. The molecule has 0 bridgehead atoms. The zero-order valence-electron chi connectivity index (χ0n) is 25.2. The van der Waals surface area contributed by atoms with Crippen LogP contribution >= 0.6 is 0 Å². The van der Waals surface area contributed by atoms with Gasteiger partial charge in [0.25, 0.3) is 5.69 Å². The van der Waals surface area contributed by atoms with Gasteiger partial charge in [0.2, 0.25) is 5.91 Å². The lowest BCUT2D eigenvalue weighted by molar-refractivity contribution is -0.384. The Balaban J connectivity index is 1.55. The number of benzene rings is 4. The molecule has 46 heavy (non-hydrogen) atoms. The Kier molecular flexibility index (Phi) is 6.73. The van der Waals surface area contributed by atoms with Crippen molar-refractivity contribution in [3.63, 3.8) is 0 Å². The number of anilines is 2. The molecule has 10 heteroatoms. The minimum atomic E-state index is -1.53. The van der Waals surface area contributed by atoms with E-state index in [1.807, 2.05) is 60.4 Å². The van der Waals surface area contributed by atoms with E-state index in [4.69, 9.17) is 9.47 Å². The van der Waals surface area contributed by atoms with Crippen molar-refractivity contribution in [2.75, 3.05) is 24.4 Å². The van der Waals surface area contributed by atoms with Crippen LogP contribution in [0.25, 0.3) is 5.57 Å². The number of ketones is 2. The molecule has 7 rings (SSSR count). The van der Waals surface area contributed by atoms with Gasteiger partial charge in [0.1, 0.15) is 23.0 Å². The lowest BCUT2D eigenvalue weighted by atomic mass is 9.63. The Morgan fingerprint density at radius 3 is 2.35 bits per heavy atom. The topological polar surface area (TPSA) is 128 Å². The smallest absolute Gasteiger partial charge is 0.269 e. The fraction of sp³-hybridized carbons (Fsp3) is 0.194. The summed E-state index contributed by atoms with van der Waals surface area (Å²) in [5, 5.41) is 14.4. The number of non-ortho nitro benzene ring substituents is 1. The summed E-state index contributed by atoms with van der Waals surface area (Å²) in [5.74, 6) is -1.89. The zero-order valence-corrected chi connectivity index (χ0v) is 25.2. The molecule has 4 atom stereocenters. The number of hydrogen-bond donors (Lipinski definition) is 1. The average Bonchev–Trinajstić information content (AvgIpc) is 3.55. The van der Waals surface area contributed by atoms with Crippen LogP contribution in [0.5, 0.6) is 11.5 Å². The standard InChI is InChI=1S/C36H29N3O7/c1-20-18-30-36(26-9-5-6-10-27(26)37-35(36)42)31(34(41)25-19-23(45-2)16-17-29(25)46-3)32(38(30)28-11-7-4-8-24(20)28)33(40)21-12-14-22(15-13-21)39(43)44/h4-19,30-32H,1-3H3,(H,37,42)/t30-,31-,32+,36-/m0/s1. The number of hydrogen-bond acceptors (Lipinski definition) is 8. The summed E-state index contributed by atoms with van der Waals surface area (Å²) >= 11 is 0. The molecule has 230 valence electrons. The first kappa shape index (κ1) is 29.0. The quantitative estimate of drug-likeness (QED) is 0.156. The van der Waals surface area contributed by atoms with Crippen molar-refractivity contribution in [3.05, 3.63) is 129 Å². The van der Waals surface area contributed by atoms with E-state index in [9.17, 15) is 19.7 Å². The molecule has 4 aromatic rings. The van der Waals surface area contributed by atoms with E-state index < -0.39 is 45.8 Å². The second-order valence-corrected chi connectivity index (χ2v) is 11.6. The van der Waals surface area contributed by atoms with E-state index in [-0.39, 0.29) is 22.6 Å². The van der Waals surface area contributed by atoms with Gasteiger partial charge in [-0.15, -0.1) is 0 Å². The maximum Gasteiger partial charge on any atom is 0.269 e. The van der Waals surface area contributed by atoms with Gasteiger partial charge in [-0.2, -0.15) is 0 Å². The average molecular weight is 616 g/mol. The highest BCUT2D eigenvalue weighted by molar-refractivity contribution is 6.19. The summed E-state index contributed by atoms with van der Waals surface area (Å²) < 4.78 is 11.1. The molecule has 1 saturated heterocycles. The second kappa shape index (κ2) is 10.7. The van der Waals surface area contributed by atoms with Gasteiger partial charge in [0.15, 0.2) is 11.6 Å². The summed E-state index contributed by atoms with van der Waals surface area (Å²) in [6, 6.07) is 23.1. The van der Waals surface area contributed by atoms with Crippen LogP contribution in [0.1, 0.15) is 38.8 Å². The lowest BCUT2D eigenvalue weighted by Gasteiger charge is -2.39. The molecule has 10 nitrogen and oxygen atoms in total. The van der Waals surface area contributed by atoms with Crippen LogP contribution in [0.15, 0.2) is 97.1 Å². The third kappa shape index (κ3) is 3.99. The normalized spacial score (nSPS) is 22.3. The molecule has 0 aromatic heterocycles. The second-order valence-electron chi connectivity index (χ2n) is 11.6. The lowest BCUT2D eigenvalue weighted by Crippen LogP contribution is -2.51. The number of para-hydroxylation sites is 2. The monoisotopic (exact) mass is 615 g/mol. The minimum Gasteiger partial charge on any atom is -0.497 e. The first-order chi connectivity index (χ1) is 22.2. The molecular weight excluding hydrogens is 586 g/mol. The van der Waals surface area contributed by atoms with Crippen molar-refractivity contribution in [2.24, 2.45) is 5.92 Å². The van der Waals surface area contributed by atoms with E-state index in [2.05, 4.69) is 5.32 Å². The third-order valence-corrected chi connectivity index (χ3v) is 9.47. The van der Waals surface area contributed by atoms with E-state index in [0.29, 0.717) is 22.7 Å². The summed E-state index contributed by atoms with van der Waals surface area (Å²) in [4.78, 5) is 57.5. The van der Waals surface area contributed by atoms with Crippen molar-refractivity contribution in [1.82, 2.24) is 0 Å². The van der Waals surface area contributed by atoms with Crippen LogP contribution in [0.4, 0.5) is 17.1 Å². The molecule has 1 N–H and O–H groups in total. The minimum absolute atomic E-state index is 0.165. The maximum atomic E-state index is 15.2. The van der Waals surface area contributed by atoms with Crippen LogP contribution in [-0.2, 0) is 10.2 Å². The summed E-state index contributed by atoms with van der Waals surface area (Å²) in [6.45, 7) is 1.95. The number of Topliss-reactive ketones (excluding diaryl/α,β-unsaturated/α-hetero) is 2. The highest BCUT2D eigenvalue weighted by Gasteiger charge is 2.70. The number of nitrogens with one attached hydrogen (secondary N) is 1. The molecule has 1 fully saturated rings. The molecule has 0 saturated carbocycles. The van der Waals surface area contributed by atoms with Gasteiger partial charge >= 0.3 is 0 Å². The predicted octanol–water partition coefficient (Wildman–Crippen LogP) is 5.86. The third-order valence-electron chi connectivity index (χ3n) is 9.47. The Hall–Kier alpha value is -5.77. The molecule has 0 radical (unpaired) electrons. The number of methoxy groups -OCH3 is 2. The number of amides is 1. The van der Waals surface area contributed by atoms with Crippen LogP contribution in [0, 0.1) is 16.0 Å². The fourth-order valence-corrected chi connectivity index (χ4v) is 7.48. The van der Waals surface area contributed by atoms with Crippen molar-refractivity contribution in [2.45, 2.75) is 24.4 Å².